The SMILES string of the molecule is C1CCNCC1.O=Cc1cccnc1. The fraction of sp³-hybridized carbons (Fsp3) is 0.455. The van der Waals surface area contributed by atoms with E-state index in [4.69, 9.17) is 0 Å². The quantitative estimate of drug-likeness (QED) is 0.688. The Bertz CT molecular complexity index is 233. The minimum absolute atomic E-state index is 0.618. The number of hydrogen-bond acceptors (Lipinski definition) is 3. The van der Waals surface area contributed by atoms with Gasteiger partial charge in [0.15, 0.2) is 6.29 Å². The number of nitrogens with zero attached hydrogens (tertiary/aromatic N) is 1. The lowest BCUT2D eigenvalue weighted by atomic mass is 10.2. The summed E-state index contributed by atoms with van der Waals surface area (Å²) >= 11 is 0. The second kappa shape index (κ2) is 7.21. The van der Waals surface area contributed by atoms with Gasteiger partial charge >= 0.3 is 0 Å². The third kappa shape index (κ3) is 4.72. The third-order valence-electron chi connectivity index (χ3n) is 2.03. The van der Waals surface area contributed by atoms with Crippen LogP contribution in [0.4, 0.5) is 0 Å². The molecule has 0 spiro atoms. The lowest BCUT2D eigenvalue weighted by molar-refractivity contribution is 0.112. The molecule has 14 heavy (non-hydrogen) atoms. The maximum Gasteiger partial charge on any atom is 0.151 e. The summed E-state index contributed by atoms with van der Waals surface area (Å²) in [6.07, 6.45) is 8.14. The molecule has 0 atom stereocenters. The fourth-order valence-corrected chi connectivity index (χ4v) is 1.25. The van der Waals surface area contributed by atoms with Crippen molar-refractivity contribution in [2.45, 2.75) is 19.3 Å². The smallest absolute Gasteiger partial charge is 0.151 e. The number of piperidine rings is 1. The minimum atomic E-state index is 0.618. The van der Waals surface area contributed by atoms with Crippen molar-refractivity contribution in [2.24, 2.45) is 0 Å². The van der Waals surface area contributed by atoms with Crippen molar-refractivity contribution >= 4 is 6.29 Å². The molecule has 3 nitrogen and oxygen atoms in total. The molecule has 0 aromatic carbocycles. The van der Waals surface area contributed by atoms with Crippen molar-refractivity contribution in [3.05, 3.63) is 30.1 Å². The van der Waals surface area contributed by atoms with Crippen molar-refractivity contribution in [3.63, 3.8) is 0 Å². The Morgan fingerprint density at radius 2 is 2.07 bits per heavy atom. The molecular formula is C11H16N2O. The van der Waals surface area contributed by atoms with E-state index in [2.05, 4.69) is 10.3 Å². The van der Waals surface area contributed by atoms with E-state index < -0.39 is 0 Å². The molecule has 2 heterocycles. The maximum absolute atomic E-state index is 9.97. The van der Waals surface area contributed by atoms with Gasteiger partial charge in [-0.15, -0.1) is 0 Å². The first-order chi connectivity index (χ1) is 6.93. The van der Waals surface area contributed by atoms with Crippen LogP contribution in [0.2, 0.25) is 0 Å². The van der Waals surface area contributed by atoms with E-state index in [0.29, 0.717) is 5.56 Å². The summed E-state index contributed by atoms with van der Waals surface area (Å²) in [6.45, 7) is 2.50. The summed E-state index contributed by atoms with van der Waals surface area (Å²) in [6, 6.07) is 3.43. The minimum Gasteiger partial charge on any atom is -0.317 e. The van der Waals surface area contributed by atoms with Crippen molar-refractivity contribution in [2.75, 3.05) is 13.1 Å². The van der Waals surface area contributed by atoms with Crippen LogP contribution in [0, 0.1) is 0 Å². The van der Waals surface area contributed by atoms with Gasteiger partial charge in [0.2, 0.25) is 0 Å². The lowest BCUT2D eigenvalue weighted by Crippen LogP contribution is -2.21. The Labute approximate surface area is 84.6 Å². The Kier molecular flexibility index (Phi) is 5.59. The molecule has 1 aromatic rings. The fourth-order valence-electron chi connectivity index (χ4n) is 1.25. The van der Waals surface area contributed by atoms with Crippen LogP contribution in [0.1, 0.15) is 29.6 Å². The molecule has 1 fully saturated rings. The molecule has 0 aliphatic carbocycles. The molecule has 0 saturated carbocycles. The van der Waals surface area contributed by atoms with E-state index in [1.165, 1.54) is 38.5 Å². The van der Waals surface area contributed by atoms with Crippen LogP contribution in [-0.2, 0) is 0 Å². The molecule has 1 N–H and O–H groups in total. The second-order valence-electron chi connectivity index (χ2n) is 3.21. The summed E-state index contributed by atoms with van der Waals surface area (Å²) < 4.78 is 0. The van der Waals surface area contributed by atoms with Crippen molar-refractivity contribution in [1.29, 1.82) is 0 Å². The number of hydrogen-bond donors (Lipinski definition) is 1. The number of aromatic nitrogens is 1. The molecule has 1 aliphatic heterocycles. The molecule has 0 amide bonds. The molecule has 76 valence electrons. The average Bonchev–Trinajstić information content (AvgIpc) is 2.33. The van der Waals surface area contributed by atoms with E-state index in [-0.39, 0.29) is 0 Å². The lowest BCUT2D eigenvalue weighted by Gasteiger charge is -2.08. The van der Waals surface area contributed by atoms with Crippen LogP contribution in [0.15, 0.2) is 24.5 Å². The Morgan fingerprint density at radius 1 is 1.29 bits per heavy atom. The first kappa shape index (κ1) is 10.9. The van der Waals surface area contributed by atoms with Gasteiger partial charge in [0.05, 0.1) is 0 Å². The maximum atomic E-state index is 9.97. The highest BCUT2D eigenvalue weighted by Crippen LogP contribution is 1.96. The summed E-state index contributed by atoms with van der Waals surface area (Å²) in [5.74, 6) is 0. The molecule has 2 rings (SSSR count). The number of aldehydes is 1. The largest absolute Gasteiger partial charge is 0.317 e. The van der Waals surface area contributed by atoms with Gasteiger partial charge in [-0.05, 0) is 38.1 Å². The second-order valence-corrected chi connectivity index (χ2v) is 3.21. The summed E-state index contributed by atoms with van der Waals surface area (Å²) in [5, 5.41) is 3.28. The summed E-state index contributed by atoms with van der Waals surface area (Å²) in [5.41, 5.74) is 0.618. The Hall–Kier alpha value is -1.22. The van der Waals surface area contributed by atoms with Crippen LogP contribution < -0.4 is 5.32 Å². The highest BCUT2D eigenvalue weighted by Gasteiger charge is 1.93. The van der Waals surface area contributed by atoms with Crippen LogP contribution in [0.5, 0.6) is 0 Å². The molecule has 1 aliphatic rings. The van der Waals surface area contributed by atoms with Gasteiger partial charge in [-0.2, -0.15) is 0 Å². The van der Waals surface area contributed by atoms with E-state index in [1.807, 2.05) is 0 Å². The van der Waals surface area contributed by atoms with Gasteiger partial charge < -0.3 is 5.32 Å². The van der Waals surface area contributed by atoms with Crippen LogP contribution in [-0.4, -0.2) is 24.4 Å². The Balaban J connectivity index is 0.000000146. The van der Waals surface area contributed by atoms with E-state index in [9.17, 15) is 4.79 Å². The van der Waals surface area contributed by atoms with Crippen LogP contribution >= 0.6 is 0 Å². The third-order valence-corrected chi connectivity index (χ3v) is 2.03. The average molecular weight is 192 g/mol. The van der Waals surface area contributed by atoms with Gasteiger partial charge in [0.25, 0.3) is 0 Å². The van der Waals surface area contributed by atoms with Gasteiger partial charge in [-0.3, -0.25) is 9.78 Å². The topological polar surface area (TPSA) is 42.0 Å². The van der Waals surface area contributed by atoms with Crippen molar-refractivity contribution < 1.29 is 4.79 Å². The first-order valence-corrected chi connectivity index (χ1v) is 4.99. The van der Waals surface area contributed by atoms with Gasteiger partial charge in [0.1, 0.15) is 0 Å². The predicted molar refractivity (Wildman–Crippen MR) is 56.3 cm³/mol. The molecule has 3 heteroatoms. The van der Waals surface area contributed by atoms with Crippen LogP contribution in [0.3, 0.4) is 0 Å². The van der Waals surface area contributed by atoms with E-state index in [1.54, 1.807) is 18.3 Å². The molecule has 0 unspecified atom stereocenters. The standard InChI is InChI=1S/C6H5NO.C5H11N/c8-5-6-2-1-3-7-4-6;1-2-4-6-5-3-1/h1-5H;6H,1-5H2. The number of rotatable bonds is 1. The summed E-state index contributed by atoms with van der Waals surface area (Å²) in [4.78, 5) is 13.7. The number of carbonyl (C=O) groups is 1. The van der Waals surface area contributed by atoms with Crippen LogP contribution in [0.25, 0.3) is 0 Å². The van der Waals surface area contributed by atoms with E-state index in [0.717, 1.165) is 6.29 Å². The Morgan fingerprint density at radius 3 is 2.36 bits per heavy atom. The molecule has 0 bridgehead atoms. The number of pyridine rings is 1. The zero-order valence-electron chi connectivity index (χ0n) is 8.28. The molecule has 1 saturated heterocycles. The highest BCUT2D eigenvalue weighted by molar-refractivity contribution is 5.73. The van der Waals surface area contributed by atoms with Gasteiger partial charge in [-0.1, -0.05) is 6.42 Å². The van der Waals surface area contributed by atoms with Crippen molar-refractivity contribution in [3.8, 4) is 0 Å². The first-order valence-electron chi connectivity index (χ1n) is 4.99. The van der Waals surface area contributed by atoms with Gasteiger partial charge in [-0.25, -0.2) is 0 Å². The number of carbonyl (C=O) groups excluding carboxylic acids is 1. The van der Waals surface area contributed by atoms with Crippen molar-refractivity contribution in [1.82, 2.24) is 10.3 Å². The van der Waals surface area contributed by atoms with Gasteiger partial charge in [0, 0.05) is 18.0 Å². The molecule has 0 radical (unpaired) electrons. The molecule has 1 aromatic heterocycles. The normalized spacial score (nSPS) is 15.1. The highest BCUT2D eigenvalue weighted by atomic mass is 16.1. The summed E-state index contributed by atoms with van der Waals surface area (Å²) in [7, 11) is 0. The molecular weight excluding hydrogens is 176 g/mol. The zero-order valence-corrected chi connectivity index (χ0v) is 8.28. The monoisotopic (exact) mass is 192 g/mol. The predicted octanol–water partition coefficient (Wildman–Crippen LogP) is 1.65. The number of nitrogens with one attached hydrogen (secondary N) is 1. The zero-order chi connectivity index (χ0) is 10.1. The van der Waals surface area contributed by atoms with E-state index >= 15 is 0 Å².